The van der Waals surface area contributed by atoms with Gasteiger partial charge in [0.25, 0.3) is 0 Å². The smallest absolute Gasteiger partial charge is 0.233 e. The highest BCUT2D eigenvalue weighted by Crippen LogP contribution is 2.50. The van der Waals surface area contributed by atoms with Gasteiger partial charge in [0.1, 0.15) is 11.6 Å². The van der Waals surface area contributed by atoms with Crippen molar-refractivity contribution in [1.29, 1.82) is 0 Å². The lowest BCUT2D eigenvalue weighted by molar-refractivity contribution is -0.138. The standard InChI is InChI=1S/C20H24FN3O2/c1-15-22-9-12-24(15)14-19(26)7-10-23(11-8-19)18(25)20(5-6-20)16-3-2-4-17(21)13-16/h2-4,9,12-13,26H,5-8,10-11,14H2,1H3. The van der Waals surface area contributed by atoms with Crippen LogP contribution >= 0.6 is 0 Å². The summed E-state index contributed by atoms with van der Waals surface area (Å²) in [5, 5.41) is 10.9. The molecule has 1 aliphatic heterocycles. The molecule has 0 spiro atoms. The summed E-state index contributed by atoms with van der Waals surface area (Å²) in [7, 11) is 0. The molecular weight excluding hydrogens is 333 g/mol. The molecule has 0 bridgehead atoms. The molecule has 1 saturated heterocycles. The van der Waals surface area contributed by atoms with Crippen molar-refractivity contribution in [1.82, 2.24) is 14.5 Å². The van der Waals surface area contributed by atoms with Crippen LogP contribution in [0.25, 0.3) is 0 Å². The second kappa shape index (κ2) is 6.20. The van der Waals surface area contributed by atoms with E-state index in [0.29, 0.717) is 32.5 Å². The van der Waals surface area contributed by atoms with Gasteiger partial charge in [-0.15, -0.1) is 0 Å². The van der Waals surface area contributed by atoms with Crippen molar-refractivity contribution in [2.24, 2.45) is 0 Å². The fourth-order valence-corrected chi connectivity index (χ4v) is 4.01. The zero-order valence-electron chi connectivity index (χ0n) is 15.0. The van der Waals surface area contributed by atoms with Gasteiger partial charge in [0.05, 0.1) is 17.6 Å². The largest absolute Gasteiger partial charge is 0.388 e. The van der Waals surface area contributed by atoms with Crippen LogP contribution in [0.4, 0.5) is 4.39 Å². The molecule has 138 valence electrons. The fraction of sp³-hybridized carbons (Fsp3) is 0.500. The van der Waals surface area contributed by atoms with E-state index in [9.17, 15) is 14.3 Å². The van der Waals surface area contributed by atoms with Gasteiger partial charge in [-0.1, -0.05) is 12.1 Å². The molecule has 0 radical (unpaired) electrons. The second-order valence-electron chi connectivity index (χ2n) is 7.71. The maximum atomic E-state index is 13.6. The number of piperidine rings is 1. The van der Waals surface area contributed by atoms with E-state index in [1.807, 2.05) is 28.7 Å². The van der Waals surface area contributed by atoms with E-state index in [0.717, 1.165) is 24.2 Å². The van der Waals surface area contributed by atoms with E-state index in [2.05, 4.69) is 4.98 Å². The molecule has 5 nitrogen and oxygen atoms in total. The third kappa shape index (κ3) is 3.03. The number of hydrogen-bond acceptors (Lipinski definition) is 3. The molecule has 1 N–H and O–H groups in total. The molecule has 0 unspecified atom stereocenters. The Morgan fingerprint density at radius 2 is 2.00 bits per heavy atom. The molecule has 4 rings (SSSR count). The van der Waals surface area contributed by atoms with E-state index in [4.69, 9.17) is 0 Å². The number of aryl methyl sites for hydroxylation is 1. The van der Waals surface area contributed by atoms with Crippen molar-refractivity contribution in [3.05, 3.63) is 53.9 Å². The quantitative estimate of drug-likeness (QED) is 0.914. The van der Waals surface area contributed by atoms with Gasteiger partial charge in [-0.25, -0.2) is 9.37 Å². The first kappa shape index (κ1) is 17.2. The summed E-state index contributed by atoms with van der Waals surface area (Å²) in [5.41, 5.74) is -0.603. The molecule has 1 aromatic heterocycles. The molecule has 2 aliphatic rings. The third-order valence-electron chi connectivity index (χ3n) is 5.91. The Kier molecular flexibility index (Phi) is 4.10. The van der Waals surface area contributed by atoms with Crippen LogP contribution < -0.4 is 0 Å². The highest BCUT2D eigenvalue weighted by molar-refractivity contribution is 5.91. The minimum atomic E-state index is -0.822. The van der Waals surface area contributed by atoms with Crippen LogP contribution in [0.1, 0.15) is 37.1 Å². The minimum absolute atomic E-state index is 0.0731. The van der Waals surface area contributed by atoms with E-state index in [-0.39, 0.29) is 11.7 Å². The minimum Gasteiger partial charge on any atom is -0.388 e. The number of aromatic nitrogens is 2. The van der Waals surface area contributed by atoms with Gasteiger partial charge in [-0.05, 0) is 50.3 Å². The summed E-state index contributed by atoms with van der Waals surface area (Å²) in [6.45, 7) is 3.47. The van der Waals surface area contributed by atoms with Crippen LogP contribution in [0.15, 0.2) is 36.7 Å². The van der Waals surface area contributed by atoms with Gasteiger partial charge in [0, 0.05) is 25.5 Å². The first-order valence-corrected chi connectivity index (χ1v) is 9.18. The molecule has 0 atom stereocenters. The molecule has 2 fully saturated rings. The number of imidazole rings is 1. The van der Waals surface area contributed by atoms with E-state index in [1.54, 1.807) is 12.3 Å². The van der Waals surface area contributed by atoms with Crippen LogP contribution in [-0.2, 0) is 16.8 Å². The first-order chi connectivity index (χ1) is 12.4. The molecule has 6 heteroatoms. The Balaban J connectivity index is 1.43. The molecular formula is C20H24FN3O2. The summed E-state index contributed by atoms with van der Waals surface area (Å²) in [6, 6.07) is 6.40. The van der Waals surface area contributed by atoms with E-state index >= 15 is 0 Å². The lowest BCUT2D eigenvalue weighted by Gasteiger charge is -2.40. The SMILES string of the molecule is Cc1nccn1CC1(O)CCN(C(=O)C2(c3cccc(F)c3)CC2)CC1. The molecule has 1 aliphatic carbocycles. The number of halogens is 1. The van der Waals surface area contributed by atoms with Crippen molar-refractivity contribution in [2.45, 2.75) is 50.2 Å². The molecule has 2 heterocycles. The van der Waals surface area contributed by atoms with Crippen LogP contribution in [-0.4, -0.2) is 44.2 Å². The third-order valence-corrected chi connectivity index (χ3v) is 5.91. The average molecular weight is 357 g/mol. The molecule has 1 saturated carbocycles. The van der Waals surface area contributed by atoms with Crippen molar-refractivity contribution in [2.75, 3.05) is 13.1 Å². The molecule has 1 aromatic carbocycles. The van der Waals surface area contributed by atoms with E-state index < -0.39 is 11.0 Å². The van der Waals surface area contributed by atoms with Crippen LogP contribution in [0.3, 0.4) is 0 Å². The zero-order chi connectivity index (χ0) is 18.4. The van der Waals surface area contributed by atoms with Gasteiger partial charge in [0.2, 0.25) is 5.91 Å². The number of amides is 1. The van der Waals surface area contributed by atoms with Crippen LogP contribution in [0.5, 0.6) is 0 Å². The Hall–Kier alpha value is -2.21. The van der Waals surface area contributed by atoms with Crippen molar-refractivity contribution >= 4 is 5.91 Å². The Morgan fingerprint density at radius 1 is 1.27 bits per heavy atom. The van der Waals surface area contributed by atoms with E-state index in [1.165, 1.54) is 12.1 Å². The number of benzene rings is 1. The topological polar surface area (TPSA) is 58.4 Å². The Bertz CT molecular complexity index is 820. The first-order valence-electron chi connectivity index (χ1n) is 9.18. The number of carbonyl (C=O) groups is 1. The number of likely N-dealkylation sites (tertiary alicyclic amines) is 1. The van der Waals surface area contributed by atoms with Gasteiger partial charge in [0.15, 0.2) is 0 Å². The summed E-state index contributed by atoms with van der Waals surface area (Å²) >= 11 is 0. The fourth-order valence-electron chi connectivity index (χ4n) is 4.01. The zero-order valence-corrected chi connectivity index (χ0v) is 15.0. The highest BCUT2D eigenvalue weighted by Gasteiger charge is 2.53. The average Bonchev–Trinajstić information content (AvgIpc) is 3.34. The van der Waals surface area contributed by atoms with Gasteiger partial charge >= 0.3 is 0 Å². The Labute approximate surface area is 152 Å². The molecule has 26 heavy (non-hydrogen) atoms. The van der Waals surface area contributed by atoms with Crippen molar-refractivity contribution in [3.8, 4) is 0 Å². The second-order valence-corrected chi connectivity index (χ2v) is 7.71. The van der Waals surface area contributed by atoms with Crippen molar-refractivity contribution in [3.63, 3.8) is 0 Å². The predicted molar refractivity (Wildman–Crippen MR) is 95.0 cm³/mol. The predicted octanol–water partition coefficient (Wildman–Crippen LogP) is 2.42. The maximum absolute atomic E-state index is 13.6. The summed E-state index contributed by atoms with van der Waals surface area (Å²) in [4.78, 5) is 19.1. The summed E-state index contributed by atoms with van der Waals surface area (Å²) < 4.78 is 15.5. The maximum Gasteiger partial charge on any atom is 0.233 e. The number of hydrogen-bond donors (Lipinski definition) is 1. The lowest BCUT2D eigenvalue weighted by Crippen LogP contribution is -2.51. The molecule has 2 aromatic rings. The van der Waals surface area contributed by atoms with Gasteiger partial charge < -0.3 is 14.6 Å². The van der Waals surface area contributed by atoms with Crippen LogP contribution in [0, 0.1) is 12.7 Å². The highest BCUT2D eigenvalue weighted by atomic mass is 19.1. The molecule has 1 amide bonds. The number of carbonyl (C=O) groups excluding carboxylic acids is 1. The number of nitrogens with zero attached hydrogens (tertiary/aromatic N) is 3. The number of aliphatic hydroxyl groups is 1. The van der Waals surface area contributed by atoms with Crippen molar-refractivity contribution < 1.29 is 14.3 Å². The normalized spacial score (nSPS) is 20.8. The van der Waals surface area contributed by atoms with Gasteiger partial charge in [-0.2, -0.15) is 0 Å². The van der Waals surface area contributed by atoms with Crippen LogP contribution in [0.2, 0.25) is 0 Å². The number of rotatable bonds is 4. The lowest BCUT2D eigenvalue weighted by atomic mass is 9.88. The van der Waals surface area contributed by atoms with Gasteiger partial charge in [-0.3, -0.25) is 4.79 Å². The summed E-state index contributed by atoms with van der Waals surface area (Å²) in [6.07, 6.45) is 6.21. The monoisotopic (exact) mass is 357 g/mol. The Morgan fingerprint density at radius 3 is 2.58 bits per heavy atom. The summed E-state index contributed by atoms with van der Waals surface area (Å²) in [5.74, 6) is 0.647.